The standard InChI is InChI=1S/C9H13N3O.ClH/c1-2-6-13-7-4-3-5-12-8(7)9(10)11;/h3-5H,2,6H2,1H3,(H3,10,11);1H. The summed E-state index contributed by atoms with van der Waals surface area (Å²) in [5.74, 6) is 0.517. The number of halogens is 1. The van der Waals surface area contributed by atoms with Crippen molar-refractivity contribution in [3.05, 3.63) is 24.0 Å². The Balaban J connectivity index is 0.00000169. The first-order chi connectivity index (χ1) is 6.25. The van der Waals surface area contributed by atoms with Crippen LogP contribution in [0.2, 0.25) is 0 Å². The maximum absolute atomic E-state index is 7.25. The van der Waals surface area contributed by atoms with Crippen molar-refractivity contribution in [2.45, 2.75) is 13.3 Å². The van der Waals surface area contributed by atoms with Crippen LogP contribution >= 0.6 is 12.4 Å². The van der Waals surface area contributed by atoms with Gasteiger partial charge in [-0.1, -0.05) is 6.92 Å². The minimum atomic E-state index is -0.0632. The molecule has 78 valence electrons. The zero-order chi connectivity index (χ0) is 9.68. The summed E-state index contributed by atoms with van der Waals surface area (Å²) < 4.78 is 5.36. The van der Waals surface area contributed by atoms with E-state index in [2.05, 4.69) is 4.98 Å². The summed E-state index contributed by atoms with van der Waals surface area (Å²) in [5, 5.41) is 7.25. The molecule has 0 aliphatic rings. The van der Waals surface area contributed by atoms with Crippen LogP contribution in [0.25, 0.3) is 0 Å². The number of nitrogens with one attached hydrogen (secondary N) is 1. The highest BCUT2D eigenvalue weighted by molar-refractivity contribution is 5.95. The molecule has 0 aliphatic carbocycles. The van der Waals surface area contributed by atoms with Crippen LogP contribution in [0.5, 0.6) is 5.75 Å². The lowest BCUT2D eigenvalue weighted by Gasteiger charge is -2.07. The highest BCUT2D eigenvalue weighted by Gasteiger charge is 2.05. The third-order valence-electron chi connectivity index (χ3n) is 1.49. The fourth-order valence-electron chi connectivity index (χ4n) is 0.921. The highest BCUT2D eigenvalue weighted by Crippen LogP contribution is 2.14. The fourth-order valence-corrected chi connectivity index (χ4v) is 0.921. The summed E-state index contributed by atoms with van der Waals surface area (Å²) in [5.41, 5.74) is 5.74. The van der Waals surface area contributed by atoms with Gasteiger partial charge >= 0.3 is 0 Å². The molecule has 0 fully saturated rings. The van der Waals surface area contributed by atoms with E-state index < -0.39 is 0 Å². The topological polar surface area (TPSA) is 72.0 Å². The smallest absolute Gasteiger partial charge is 0.148 e. The molecule has 0 radical (unpaired) electrons. The van der Waals surface area contributed by atoms with E-state index in [4.69, 9.17) is 15.9 Å². The molecule has 0 amide bonds. The molecule has 5 heteroatoms. The lowest BCUT2D eigenvalue weighted by Crippen LogP contribution is -2.15. The van der Waals surface area contributed by atoms with Crippen LogP contribution in [0, 0.1) is 5.41 Å². The molecule has 1 aromatic rings. The molecular weight excluding hydrogens is 202 g/mol. The third-order valence-corrected chi connectivity index (χ3v) is 1.49. The number of aromatic nitrogens is 1. The van der Waals surface area contributed by atoms with Gasteiger partial charge in [-0.15, -0.1) is 12.4 Å². The Bertz CT molecular complexity index is 304. The predicted molar refractivity (Wildman–Crippen MR) is 58.3 cm³/mol. The minimum absolute atomic E-state index is 0. The van der Waals surface area contributed by atoms with Gasteiger partial charge in [-0.2, -0.15) is 0 Å². The first-order valence-electron chi connectivity index (χ1n) is 4.18. The van der Waals surface area contributed by atoms with E-state index in [1.54, 1.807) is 18.3 Å². The van der Waals surface area contributed by atoms with Crippen molar-refractivity contribution < 1.29 is 4.74 Å². The lowest BCUT2D eigenvalue weighted by atomic mass is 10.3. The first kappa shape index (κ1) is 12.7. The number of hydrogen-bond acceptors (Lipinski definition) is 3. The summed E-state index contributed by atoms with van der Waals surface area (Å²) in [6, 6.07) is 3.52. The van der Waals surface area contributed by atoms with Gasteiger partial charge in [0.25, 0.3) is 0 Å². The normalized spacial score (nSPS) is 8.93. The molecule has 0 saturated heterocycles. The van der Waals surface area contributed by atoms with Gasteiger partial charge in [0.1, 0.15) is 17.3 Å². The minimum Gasteiger partial charge on any atom is -0.491 e. The number of ether oxygens (including phenoxy) is 1. The molecule has 1 rings (SSSR count). The fraction of sp³-hybridized carbons (Fsp3) is 0.333. The van der Waals surface area contributed by atoms with Gasteiger partial charge in [0.05, 0.1) is 6.61 Å². The molecule has 1 heterocycles. The van der Waals surface area contributed by atoms with Crippen LogP contribution in [0.1, 0.15) is 19.0 Å². The van der Waals surface area contributed by atoms with Gasteiger partial charge in [-0.05, 0) is 18.6 Å². The van der Waals surface area contributed by atoms with E-state index in [0.717, 1.165) is 6.42 Å². The van der Waals surface area contributed by atoms with Gasteiger partial charge in [-0.3, -0.25) is 5.41 Å². The second-order valence-electron chi connectivity index (χ2n) is 2.61. The molecule has 0 atom stereocenters. The summed E-state index contributed by atoms with van der Waals surface area (Å²) in [6.45, 7) is 2.63. The molecule has 0 aromatic carbocycles. The Morgan fingerprint density at radius 3 is 2.93 bits per heavy atom. The van der Waals surface area contributed by atoms with Crippen LogP contribution in [-0.2, 0) is 0 Å². The number of nitrogens with zero attached hydrogens (tertiary/aromatic N) is 1. The number of nitrogen functional groups attached to an aromatic ring is 1. The largest absolute Gasteiger partial charge is 0.491 e. The van der Waals surface area contributed by atoms with Crippen molar-refractivity contribution in [2.75, 3.05) is 6.61 Å². The van der Waals surface area contributed by atoms with Gasteiger partial charge in [0.2, 0.25) is 0 Å². The van der Waals surface area contributed by atoms with E-state index in [1.165, 1.54) is 0 Å². The Labute approximate surface area is 89.4 Å². The molecule has 0 bridgehead atoms. The SMILES string of the molecule is CCCOc1cccnc1C(=N)N.Cl. The summed E-state index contributed by atoms with van der Waals surface area (Å²) in [4.78, 5) is 3.96. The van der Waals surface area contributed by atoms with Crippen molar-refractivity contribution in [1.82, 2.24) is 4.98 Å². The number of nitrogens with two attached hydrogens (primary N) is 1. The van der Waals surface area contributed by atoms with E-state index in [-0.39, 0.29) is 18.2 Å². The van der Waals surface area contributed by atoms with Gasteiger partial charge < -0.3 is 10.5 Å². The second kappa shape index (κ2) is 6.21. The van der Waals surface area contributed by atoms with Gasteiger partial charge in [0.15, 0.2) is 0 Å². The van der Waals surface area contributed by atoms with Crippen LogP contribution < -0.4 is 10.5 Å². The molecule has 0 saturated carbocycles. The number of pyridine rings is 1. The van der Waals surface area contributed by atoms with Crippen molar-refractivity contribution in [3.8, 4) is 5.75 Å². The molecule has 0 spiro atoms. The summed E-state index contributed by atoms with van der Waals surface area (Å²) >= 11 is 0. The van der Waals surface area contributed by atoms with Crippen LogP contribution in [0.15, 0.2) is 18.3 Å². The zero-order valence-electron chi connectivity index (χ0n) is 7.99. The third kappa shape index (κ3) is 3.22. The molecule has 14 heavy (non-hydrogen) atoms. The molecule has 4 nitrogen and oxygen atoms in total. The average Bonchev–Trinajstić information content (AvgIpc) is 2.15. The zero-order valence-corrected chi connectivity index (χ0v) is 8.80. The molecule has 0 aliphatic heterocycles. The van der Waals surface area contributed by atoms with Gasteiger partial charge in [0, 0.05) is 6.20 Å². The summed E-state index contributed by atoms with van der Waals surface area (Å²) in [6.07, 6.45) is 2.52. The van der Waals surface area contributed by atoms with Crippen molar-refractivity contribution in [3.63, 3.8) is 0 Å². The van der Waals surface area contributed by atoms with Crippen LogP contribution in [0.4, 0.5) is 0 Å². The Hall–Kier alpha value is -1.29. The summed E-state index contributed by atoms with van der Waals surface area (Å²) in [7, 11) is 0. The maximum atomic E-state index is 7.25. The highest BCUT2D eigenvalue weighted by atomic mass is 35.5. The van der Waals surface area contributed by atoms with Crippen LogP contribution in [-0.4, -0.2) is 17.4 Å². The van der Waals surface area contributed by atoms with E-state index >= 15 is 0 Å². The molecule has 3 N–H and O–H groups in total. The van der Waals surface area contributed by atoms with Crippen molar-refractivity contribution in [1.29, 1.82) is 5.41 Å². The predicted octanol–water partition coefficient (Wildman–Crippen LogP) is 1.58. The van der Waals surface area contributed by atoms with E-state index in [1.807, 2.05) is 6.92 Å². The molecule has 1 aromatic heterocycles. The van der Waals surface area contributed by atoms with E-state index in [9.17, 15) is 0 Å². The quantitative estimate of drug-likeness (QED) is 0.592. The maximum Gasteiger partial charge on any atom is 0.148 e. The Kier molecular flexibility index (Phi) is 5.64. The lowest BCUT2D eigenvalue weighted by molar-refractivity contribution is 0.315. The average molecular weight is 216 g/mol. The number of amidine groups is 1. The molecular formula is C9H14ClN3O. The van der Waals surface area contributed by atoms with Gasteiger partial charge in [-0.25, -0.2) is 4.98 Å². The van der Waals surface area contributed by atoms with Crippen molar-refractivity contribution >= 4 is 18.2 Å². The monoisotopic (exact) mass is 215 g/mol. The number of hydrogen-bond donors (Lipinski definition) is 2. The first-order valence-corrected chi connectivity index (χ1v) is 4.18. The van der Waals surface area contributed by atoms with E-state index in [0.29, 0.717) is 18.1 Å². The molecule has 0 unspecified atom stereocenters. The van der Waals surface area contributed by atoms with Crippen molar-refractivity contribution in [2.24, 2.45) is 5.73 Å². The Morgan fingerprint density at radius 2 is 2.36 bits per heavy atom. The Morgan fingerprint density at radius 1 is 1.64 bits per heavy atom. The van der Waals surface area contributed by atoms with Crippen LogP contribution in [0.3, 0.4) is 0 Å². The second-order valence-corrected chi connectivity index (χ2v) is 2.61. The number of rotatable bonds is 4.